The zero-order chi connectivity index (χ0) is 17.1. The van der Waals surface area contributed by atoms with Crippen molar-refractivity contribution in [1.82, 2.24) is 9.78 Å². The van der Waals surface area contributed by atoms with Crippen molar-refractivity contribution in [2.24, 2.45) is 0 Å². The quantitative estimate of drug-likeness (QED) is 0.731. The number of halogens is 1. The van der Waals surface area contributed by atoms with Crippen LogP contribution in [0.25, 0.3) is 5.69 Å². The number of nitrogens with one attached hydrogen (secondary N) is 1. The van der Waals surface area contributed by atoms with Crippen molar-refractivity contribution in [2.45, 2.75) is 6.92 Å². The fourth-order valence-electron chi connectivity index (χ4n) is 2.19. The van der Waals surface area contributed by atoms with Crippen LogP contribution in [0.5, 0.6) is 5.75 Å². The Morgan fingerprint density at radius 2 is 1.92 bits per heavy atom. The summed E-state index contributed by atoms with van der Waals surface area (Å²) < 4.78 is 7.74. The van der Waals surface area contributed by atoms with Gasteiger partial charge in [0.1, 0.15) is 5.75 Å². The number of carbonyl (C=O) groups is 1. The first-order chi connectivity index (χ1) is 11.6. The summed E-state index contributed by atoms with van der Waals surface area (Å²) in [5.41, 5.74) is 3.03. The van der Waals surface area contributed by atoms with Gasteiger partial charge in [-0.3, -0.25) is 4.79 Å². The molecule has 0 saturated heterocycles. The third-order valence-electron chi connectivity index (χ3n) is 3.59. The molecule has 1 amide bonds. The molecule has 122 valence electrons. The van der Waals surface area contributed by atoms with Gasteiger partial charge < -0.3 is 10.1 Å². The maximum Gasteiger partial charge on any atom is 0.276 e. The van der Waals surface area contributed by atoms with E-state index in [1.807, 2.05) is 49.4 Å². The van der Waals surface area contributed by atoms with Crippen LogP contribution in [0.2, 0.25) is 0 Å². The number of rotatable bonds is 4. The van der Waals surface area contributed by atoms with Gasteiger partial charge in [-0.1, -0.05) is 22.0 Å². The Hall–Kier alpha value is -2.60. The molecule has 1 aromatic heterocycles. The molecule has 3 aromatic rings. The van der Waals surface area contributed by atoms with E-state index in [0.29, 0.717) is 5.69 Å². The van der Waals surface area contributed by atoms with Crippen LogP contribution in [0.3, 0.4) is 0 Å². The van der Waals surface area contributed by atoms with Crippen LogP contribution in [0.15, 0.2) is 59.2 Å². The number of ether oxygens (including phenoxy) is 1. The third kappa shape index (κ3) is 3.49. The average molecular weight is 386 g/mol. The lowest BCUT2D eigenvalue weighted by Gasteiger charge is -2.06. The number of nitrogens with zero attached hydrogens (tertiary/aromatic N) is 2. The van der Waals surface area contributed by atoms with Crippen molar-refractivity contribution in [3.8, 4) is 11.4 Å². The number of methoxy groups -OCH3 is 1. The second-order valence-corrected chi connectivity index (χ2v) is 6.12. The molecule has 0 aliphatic carbocycles. The van der Waals surface area contributed by atoms with E-state index in [1.165, 1.54) is 0 Å². The van der Waals surface area contributed by atoms with Crippen molar-refractivity contribution < 1.29 is 9.53 Å². The highest BCUT2D eigenvalue weighted by atomic mass is 79.9. The monoisotopic (exact) mass is 385 g/mol. The first kappa shape index (κ1) is 16.3. The summed E-state index contributed by atoms with van der Waals surface area (Å²) in [5.74, 6) is 0.520. The molecule has 2 aromatic carbocycles. The molecule has 0 spiro atoms. The minimum atomic E-state index is -0.252. The average Bonchev–Trinajstić information content (AvgIpc) is 3.08. The molecule has 6 heteroatoms. The number of aromatic nitrogens is 2. The fraction of sp³-hybridized carbons (Fsp3) is 0.111. The number of carbonyl (C=O) groups excluding carboxylic acids is 1. The van der Waals surface area contributed by atoms with Gasteiger partial charge in [0.05, 0.1) is 12.8 Å². The van der Waals surface area contributed by atoms with Crippen LogP contribution >= 0.6 is 15.9 Å². The lowest BCUT2D eigenvalue weighted by Crippen LogP contribution is -2.13. The zero-order valence-corrected chi connectivity index (χ0v) is 14.9. The van der Waals surface area contributed by atoms with Gasteiger partial charge in [-0.15, -0.1) is 0 Å². The highest BCUT2D eigenvalue weighted by Crippen LogP contribution is 2.21. The smallest absolute Gasteiger partial charge is 0.276 e. The Labute approximate surface area is 148 Å². The molecule has 0 fully saturated rings. The maximum atomic E-state index is 12.3. The lowest BCUT2D eigenvalue weighted by atomic mass is 10.2. The van der Waals surface area contributed by atoms with Gasteiger partial charge in [0, 0.05) is 16.4 Å². The molecule has 0 radical (unpaired) electrons. The fourth-order valence-corrected chi connectivity index (χ4v) is 2.57. The van der Waals surface area contributed by atoms with E-state index in [9.17, 15) is 4.79 Å². The Bertz CT molecular complexity index is 872. The number of hydrogen-bond acceptors (Lipinski definition) is 3. The molecule has 0 atom stereocenters. The highest BCUT2D eigenvalue weighted by molar-refractivity contribution is 9.10. The first-order valence-corrected chi connectivity index (χ1v) is 8.14. The Morgan fingerprint density at radius 3 is 2.58 bits per heavy atom. The van der Waals surface area contributed by atoms with Crippen molar-refractivity contribution in [1.29, 1.82) is 0 Å². The zero-order valence-electron chi connectivity index (χ0n) is 13.3. The molecule has 3 rings (SSSR count). The molecule has 1 N–H and O–H groups in total. The number of benzene rings is 2. The van der Waals surface area contributed by atoms with Crippen molar-refractivity contribution in [3.05, 3.63) is 70.5 Å². The molecule has 0 bridgehead atoms. The van der Waals surface area contributed by atoms with Gasteiger partial charge in [-0.2, -0.15) is 5.10 Å². The van der Waals surface area contributed by atoms with Gasteiger partial charge in [-0.25, -0.2) is 4.68 Å². The van der Waals surface area contributed by atoms with Gasteiger partial charge in [0.25, 0.3) is 5.91 Å². The summed E-state index contributed by atoms with van der Waals surface area (Å²) in [4.78, 5) is 12.3. The molecule has 0 aliphatic heterocycles. The third-order valence-corrected chi connectivity index (χ3v) is 4.44. The summed E-state index contributed by atoms with van der Waals surface area (Å²) in [7, 11) is 1.62. The summed E-state index contributed by atoms with van der Waals surface area (Å²) in [6, 6.07) is 14.8. The van der Waals surface area contributed by atoms with E-state index in [1.54, 1.807) is 24.1 Å². The number of amides is 1. The topological polar surface area (TPSA) is 56.1 Å². The van der Waals surface area contributed by atoms with Crippen LogP contribution in [0, 0.1) is 6.92 Å². The summed E-state index contributed by atoms with van der Waals surface area (Å²) in [6.45, 7) is 1.99. The first-order valence-electron chi connectivity index (χ1n) is 7.34. The SMILES string of the molecule is COc1ccc(-n2ccc(C(=O)Nc3ccc(C)c(Br)c3)n2)cc1. The molecule has 0 aliphatic rings. The molecule has 1 heterocycles. The van der Waals surface area contributed by atoms with Crippen LogP contribution in [0.1, 0.15) is 16.1 Å². The maximum absolute atomic E-state index is 12.3. The van der Waals surface area contributed by atoms with Crippen LogP contribution < -0.4 is 10.1 Å². The summed E-state index contributed by atoms with van der Waals surface area (Å²) in [6.07, 6.45) is 1.75. The summed E-state index contributed by atoms with van der Waals surface area (Å²) in [5, 5.41) is 7.17. The molecular formula is C18H16BrN3O2. The Balaban J connectivity index is 1.76. The molecule has 5 nitrogen and oxygen atoms in total. The highest BCUT2D eigenvalue weighted by Gasteiger charge is 2.11. The molecule has 0 unspecified atom stereocenters. The van der Waals surface area contributed by atoms with Crippen molar-refractivity contribution in [3.63, 3.8) is 0 Å². The standard InChI is InChI=1S/C18H16BrN3O2/c1-12-3-4-13(11-16(12)19)20-18(23)17-9-10-22(21-17)14-5-7-15(24-2)8-6-14/h3-11H,1-2H3,(H,20,23). The van der Waals surface area contributed by atoms with Crippen molar-refractivity contribution in [2.75, 3.05) is 12.4 Å². The van der Waals surface area contributed by atoms with Crippen LogP contribution in [0.4, 0.5) is 5.69 Å². The van der Waals surface area contributed by atoms with Gasteiger partial charge in [-0.05, 0) is 55.0 Å². The van der Waals surface area contributed by atoms with Gasteiger partial charge >= 0.3 is 0 Å². The van der Waals surface area contributed by atoms with E-state index in [2.05, 4.69) is 26.3 Å². The number of anilines is 1. The van der Waals surface area contributed by atoms with E-state index in [-0.39, 0.29) is 5.91 Å². The normalized spacial score (nSPS) is 10.5. The second-order valence-electron chi connectivity index (χ2n) is 5.26. The van der Waals surface area contributed by atoms with Gasteiger partial charge in [0.15, 0.2) is 5.69 Å². The number of aryl methyl sites for hydroxylation is 1. The predicted molar refractivity (Wildman–Crippen MR) is 96.9 cm³/mol. The van der Waals surface area contributed by atoms with E-state index in [4.69, 9.17) is 4.74 Å². The predicted octanol–water partition coefficient (Wildman–Crippen LogP) is 4.20. The minimum Gasteiger partial charge on any atom is -0.497 e. The van der Waals surface area contributed by atoms with Crippen LogP contribution in [-0.2, 0) is 0 Å². The largest absolute Gasteiger partial charge is 0.497 e. The Morgan fingerprint density at radius 1 is 1.17 bits per heavy atom. The van der Waals surface area contributed by atoms with E-state index in [0.717, 1.165) is 27.2 Å². The minimum absolute atomic E-state index is 0.252. The Kier molecular flexibility index (Phi) is 4.66. The molecule has 0 saturated carbocycles. The van der Waals surface area contributed by atoms with Crippen molar-refractivity contribution >= 4 is 27.5 Å². The second kappa shape index (κ2) is 6.88. The molecular weight excluding hydrogens is 370 g/mol. The van der Waals surface area contributed by atoms with Gasteiger partial charge in [0.2, 0.25) is 0 Å². The van der Waals surface area contributed by atoms with E-state index >= 15 is 0 Å². The van der Waals surface area contributed by atoms with E-state index < -0.39 is 0 Å². The number of hydrogen-bond donors (Lipinski definition) is 1. The lowest BCUT2D eigenvalue weighted by molar-refractivity contribution is 0.102. The molecule has 24 heavy (non-hydrogen) atoms. The van der Waals surface area contributed by atoms with Crippen LogP contribution in [-0.4, -0.2) is 22.8 Å². The summed E-state index contributed by atoms with van der Waals surface area (Å²) >= 11 is 3.46.